The summed E-state index contributed by atoms with van der Waals surface area (Å²) in [5.74, 6) is -0.0292. The Morgan fingerprint density at radius 1 is 1.26 bits per heavy atom. The minimum Gasteiger partial charge on any atom is -0.495 e. The minimum absolute atomic E-state index is 0.0364. The molecule has 0 radical (unpaired) electrons. The first kappa shape index (κ1) is 25.2. The zero-order chi connectivity index (χ0) is 26.6. The molecule has 0 bridgehead atoms. The molecular weight excluding hydrogens is 508 g/mol. The van der Waals surface area contributed by atoms with Crippen molar-refractivity contribution in [2.75, 3.05) is 25.5 Å². The van der Waals surface area contributed by atoms with Gasteiger partial charge in [-0.2, -0.15) is 5.10 Å². The monoisotopic (exact) mass is 532 g/mol. The van der Waals surface area contributed by atoms with E-state index in [1.807, 2.05) is 12.3 Å². The highest BCUT2D eigenvalue weighted by atomic mass is 35.5. The van der Waals surface area contributed by atoms with Crippen LogP contribution in [0, 0.1) is 0 Å². The Labute approximate surface area is 223 Å². The molecule has 12 heteroatoms. The molecule has 11 nitrogen and oxygen atoms in total. The molecule has 4 heterocycles. The predicted octanol–water partition coefficient (Wildman–Crippen LogP) is 3.99. The van der Waals surface area contributed by atoms with Crippen LogP contribution in [-0.4, -0.2) is 67.1 Å². The van der Waals surface area contributed by atoms with E-state index in [-0.39, 0.29) is 17.6 Å². The second-order valence-corrected chi connectivity index (χ2v) is 9.15. The second-order valence-electron chi connectivity index (χ2n) is 8.74. The van der Waals surface area contributed by atoms with Gasteiger partial charge in [-0.15, -0.1) is 5.10 Å². The van der Waals surface area contributed by atoms with Gasteiger partial charge in [-0.3, -0.25) is 14.7 Å². The summed E-state index contributed by atoms with van der Waals surface area (Å²) in [6.45, 7) is 4.85. The highest BCUT2D eigenvalue weighted by Gasteiger charge is 2.25. The van der Waals surface area contributed by atoms with Crippen molar-refractivity contribution in [3.8, 4) is 28.4 Å². The van der Waals surface area contributed by atoms with Crippen LogP contribution in [0.25, 0.3) is 22.6 Å². The number of halogens is 1. The Morgan fingerprint density at radius 3 is 2.89 bits per heavy atom. The molecule has 2 amide bonds. The number of anilines is 1. The number of aromatic amines is 1. The van der Waals surface area contributed by atoms with Crippen molar-refractivity contribution < 1.29 is 14.3 Å². The molecule has 0 spiro atoms. The molecule has 0 aliphatic carbocycles. The molecule has 38 heavy (non-hydrogen) atoms. The van der Waals surface area contributed by atoms with Crippen LogP contribution in [0.5, 0.6) is 5.75 Å². The number of hydrogen-bond acceptors (Lipinski definition) is 7. The highest BCUT2D eigenvalue weighted by Crippen LogP contribution is 2.31. The van der Waals surface area contributed by atoms with E-state index in [1.54, 1.807) is 39.9 Å². The summed E-state index contributed by atoms with van der Waals surface area (Å²) in [7, 11) is 1.53. The number of amides is 2. The van der Waals surface area contributed by atoms with Gasteiger partial charge in [-0.05, 0) is 43.2 Å². The third-order valence-corrected chi connectivity index (χ3v) is 6.63. The first-order valence-electron chi connectivity index (χ1n) is 12.0. The van der Waals surface area contributed by atoms with Crippen molar-refractivity contribution in [1.29, 1.82) is 0 Å². The largest absolute Gasteiger partial charge is 0.495 e. The number of carbonyl (C=O) groups excluding carboxylic acids is 2. The van der Waals surface area contributed by atoms with Gasteiger partial charge < -0.3 is 15.0 Å². The number of H-pyrrole nitrogens is 1. The fraction of sp³-hybridized carbons (Fsp3) is 0.231. The number of rotatable bonds is 7. The Hall–Kier alpha value is -4.51. The van der Waals surface area contributed by atoms with E-state index in [2.05, 4.69) is 37.4 Å². The smallest absolute Gasteiger partial charge is 0.274 e. The van der Waals surface area contributed by atoms with E-state index >= 15 is 0 Å². The lowest BCUT2D eigenvalue weighted by Crippen LogP contribution is -2.40. The van der Waals surface area contributed by atoms with Gasteiger partial charge in [0.15, 0.2) is 0 Å². The second kappa shape index (κ2) is 10.9. The lowest BCUT2D eigenvalue weighted by molar-refractivity contribution is -0.127. The molecule has 1 fully saturated rings. The molecule has 2 N–H and O–H groups in total. The summed E-state index contributed by atoms with van der Waals surface area (Å²) in [5.41, 5.74) is 3.14. The summed E-state index contributed by atoms with van der Waals surface area (Å²) in [6.07, 6.45) is 6.46. The average molecular weight is 533 g/mol. The van der Waals surface area contributed by atoms with Crippen LogP contribution >= 0.6 is 11.6 Å². The van der Waals surface area contributed by atoms with Crippen LogP contribution in [0.3, 0.4) is 0 Å². The lowest BCUT2D eigenvalue weighted by atomic mass is 10.1. The first-order chi connectivity index (χ1) is 18.5. The summed E-state index contributed by atoms with van der Waals surface area (Å²) >= 11 is 6.13. The van der Waals surface area contributed by atoms with Gasteiger partial charge in [0, 0.05) is 18.7 Å². The third kappa shape index (κ3) is 5.14. The van der Waals surface area contributed by atoms with Crippen LogP contribution < -0.4 is 10.1 Å². The Balaban J connectivity index is 1.32. The lowest BCUT2D eigenvalue weighted by Gasteiger charge is -2.31. The number of pyridine rings is 1. The van der Waals surface area contributed by atoms with Crippen molar-refractivity contribution >= 4 is 29.1 Å². The van der Waals surface area contributed by atoms with Crippen molar-refractivity contribution in [2.24, 2.45) is 0 Å². The molecule has 1 atom stereocenters. The number of ether oxygens (including phenoxy) is 1. The minimum atomic E-state index is -0.407. The van der Waals surface area contributed by atoms with Gasteiger partial charge in [0.05, 0.1) is 41.9 Å². The summed E-state index contributed by atoms with van der Waals surface area (Å²) in [5, 5.41) is 18.6. The number of aromatic nitrogens is 6. The van der Waals surface area contributed by atoms with E-state index in [0.29, 0.717) is 46.6 Å². The maximum atomic E-state index is 13.0. The van der Waals surface area contributed by atoms with E-state index in [0.717, 1.165) is 18.4 Å². The molecule has 3 aromatic heterocycles. The van der Waals surface area contributed by atoms with Crippen LogP contribution in [0.1, 0.15) is 29.4 Å². The zero-order valence-electron chi connectivity index (χ0n) is 20.6. The average Bonchev–Trinajstić information content (AvgIpc) is 3.62. The molecular formula is C26H25ClN8O3. The Bertz CT molecular complexity index is 1500. The molecule has 1 unspecified atom stereocenters. The molecule has 194 valence electrons. The number of methoxy groups -OCH3 is 1. The molecule has 1 aromatic carbocycles. The SMILES string of the molecule is C=CC(=O)N1CCCC(n2cc(-c3ccc(NC(=O)c4cccc(-c5[nH]ncc5Cl)n4)c(OC)c3)nn2)C1. The first-order valence-corrected chi connectivity index (χ1v) is 12.3. The summed E-state index contributed by atoms with van der Waals surface area (Å²) < 4.78 is 7.34. The van der Waals surface area contributed by atoms with Gasteiger partial charge in [0.25, 0.3) is 5.91 Å². The van der Waals surface area contributed by atoms with E-state index in [9.17, 15) is 9.59 Å². The number of likely N-dealkylation sites (tertiary alicyclic amines) is 1. The quantitative estimate of drug-likeness (QED) is 0.344. The van der Waals surface area contributed by atoms with Gasteiger partial charge in [-0.25, -0.2) is 9.67 Å². The summed E-state index contributed by atoms with van der Waals surface area (Å²) in [4.78, 5) is 31.2. The number of hydrogen-bond donors (Lipinski definition) is 2. The van der Waals surface area contributed by atoms with Crippen molar-refractivity contribution in [3.63, 3.8) is 0 Å². The molecule has 1 aliphatic heterocycles. The molecule has 1 saturated heterocycles. The Morgan fingerprint density at radius 2 is 2.13 bits per heavy atom. The number of piperidine rings is 1. The third-order valence-electron chi connectivity index (χ3n) is 6.34. The maximum absolute atomic E-state index is 13.0. The zero-order valence-corrected chi connectivity index (χ0v) is 21.4. The molecule has 0 saturated carbocycles. The van der Waals surface area contributed by atoms with Crippen LogP contribution in [-0.2, 0) is 4.79 Å². The molecule has 1 aliphatic rings. The van der Waals surface area contributed by atoms with E-state index in [1.165, 1.54) is 19.4 Å². The van der Waals surface area contributed by atoms with E-state index in [4.69, 9.17) is 16.3 Å². The van der Waals surface area contributed by atoms with E-state index < -0.39 is 5.91 Å². The van der Waals surface area contributed by atoms with Gasteiger partial charge in [-0.1, -0.05) is 35.5 Å². The van der Waals surface area contributed by atoms with Gasteiger partial charge in [0.2, 0.25) is 5.91 Å². The number of nitrogens with zero attached hydrogens (tertiary/aromatic N) is 6. The van der Waals surface area contributed by atoms with Gasteiger partial charge >= 0.3 is 0 Å². The predicted molar refractivity (Wildman–Crippen MR) is 142 cm³/mol. The van der Waals surface area contributed by atoms with Crippen LogP contribution in [0.4, 0.5) is 5.69 Å². The fourth-order valence-corrected chi connectivity index (χ4v) is 4.57. The standard InChI is InChI=1S/C26H25ClN8O3/c1-3-24(36)34-11-5-6-17(14-34)35-15-22(31-33-35)16-9-10-19(23(12-16)38-2)30-26(37)21-8-4-7-20(29-21)25-18(27)13-28-32-25/h3-4,7-10,12-13,15,17H,1,5-6,11,14H2,2H3,(H,28,32)(H,30,37). The maximum Gasteiger partial charge on any atom is 0.274 e. The number of benzene rings is 1. The van der Waals surface area contributed by atoms with Crippen molar-refractivity contribution in [2.45, 2.75) is 18.9 Å². The molecule has 5 rings (SSSR count). The van der Waals surface area contributed by atoms with Crippen LogP contribution in [0.2, 0.25) is 5.02 Å². The number of carbonyl (C=O) groups is 2. The summed E-state index contributed by atoms with van der Waals surface area (Å²) in [6, 6.07) is 10.5. The fourth-order valence-electron chi connectivity index (χ4n) is 4.38. The van der Waals surface area contributed by atoms with Gasteiger partial charge in [0.1, 0.15) is 22.8 Å². The van der Waals surface area contributed by atoms with Crippen molar-refractivity contribution in [1.82, 2.24) is 35.1 Å². The highest BCUT2D eigenvalue weighted by molar-refractivity contribution is 6.32. The Kier molecular flexibility index (Phi) is 7.18. The van der Waals surface area contributed by atoms with Crippen LogP contribution in [0.15, 0.2) is 61.4 Å². The van der Waals surface area contributed by atoms with Crippen molar-refractivity contribution in [3.05, 3.63) is 72.2 Å². The molecule has 4 aromatic rings. The number of nitrogens with one attached hydrogen (secondary N) is 2. The normalized spacial score (nSPS) is 15.2. The topological polar surface area (TPSA) is 131 Å².